The Kier molecular flexibility index (Phi) is 9.22. The molecule has 0 unspecified atom stereocenters. The van der Waals surface area contributed by atoms with Crippen molar-refractivity contribution in [3.63, 3.8) is 0 Å². The van der Waals surface area contributed by atoms with E-state index in [4.69, 9.17) is 0 Å². The molecular formula is C31H40N2O4. The Labute approximate surface area is 220 Å². The number of aliphatic hydroxyl groups excluding tert-OH is 3. The summed E-state index contributed by atoms with van der Waals surface area (Å²) < 4.78 is 0. The molecule has 3 N–H and O–H groups in total. The summed E-state index contributed by atoms with van der Waals surface area (Å²) in [6.07, 6.45) is 11.1. The van der Waals surface area contributed by atoms with E-state index in [1.165, 1.54) is 0 Å². The molecular weight excluding hydrogens is 464 g/mol. The molecule has 1 aromatic carbocycles. The predicted octanol–water partition coefficient (Wildman–Crippen LogP) is 6.57. The first-order valence-corrected chi connectivity index (χ1v) is 13.1. The topological polar surface area (TPSA) is 84.2 Å². The number of aliphatic hydroxyl groups is 3. The van der Waals surface area contributed by atoms with Crippen molar-refractivity contribution in [3.05, 3.63) is 95.7 Å². The number of carbonyl (C=O) groups excluding carboxylic acids is 1. The monoisotopic (exact) mass is 504 g/mol. The summed E-state index contributed by atoms with van der Waals surface area (Å²) in [5.41, 5.74) is 0.937. The molecule has 0 radical (unpaired) electrons. The molecule has 0 bridgehead atoms. The van der Waals surface area contributed by atoms with Crippen LogP contribution in [-0.4, -0.2) is 57.7 Å². The van der Waals surface area contributed by atoms with Gasteiger partial charge in [0.1, 0.15) is 17.3 Å². The van der Waals surface area contributed by atoms with Crippen molar-refractivity contribution in [3.8, 4) is 0 Å². The number of carbonyl (C=O) groups is 1. The van der Waals surface area contributed by atoms with Crippen molar-refractivity contribution in [2.75, 3.05) is 31.1 Å². The van der Waals surface area contributed by atoms with E-state index >= 15 is 0 Å². The number of anilines is 1. The average Bonchev–Trinajstić information content (AvgIpc) is 2.87. The number of nitrogens with zero attached hydrogens (tertiary/aromatic N) is 2. The molecule has 198 valence electrons. The van der Waals surface area contributed by atoms with E-state index < -0.39 is 11.3 Å². The van der Waals surface area contributed by atoms with Crippen molar-refractivity contribution >= 4 is 17.0 Å². The van der Waals surface area contributed by atoms with E-state index in [1.807, 2.05) is 36.1 Å². The third kappa shape index (κ3) is 5.75. The number of allylic oxidation sites excluding steroid dienone is 2. The summed E-state index contributed by atoms with van der Waals surface area (Å²) in [6.45, 7) is 16.7. The van der Waals surface area contributed by atoms with Crippen molar-refractivity contribution in [1.82, 2.24) is 4.90 Å². The summed E-state index contributed by atoms with van der Waals surface area (Å²) in [5.74, 6) is -1.15. The summed E-state index contributed by atoms with van der Waals surface area (Å²) >= 11 is 0. The van der Waals surface area contributed by atoms with Crippen molar-refractivity contribution in [1.29, 1.82) is 0 Å². The molecule has 6 heteroatoms. The second-order valence-electron chi connectivity index (χ2n) is 9.81. The summed E-state index contributed by atoms with van der Waals surface area (Å²) in [4.78, 5) is 17.5. The number of rotatable bonds is 13. The van der Waals surface area contributed by atoms with Gasteiger partial charge in [-0.25, -0.2) is 0 Å². The molecule has 0 saturated carbocycles. The zero-order valence-electron chi connectivity index (χ0n) is 22.3. The van der Waals surface area contributed by atoms with E-state index in [0.717, 1.165) is 44.5 Å². The lowest BCUT2D eigenvalue weighted by Crippen LogP contribution is -2.45. The van der Waals surface area contributed by atoms with Crippen LogP contribution in [0.4, 0.5) is 5.69 Å². The fourth-order valence-electron chi connectivity index (χ4n) is 4.90. The Bertz CT molecular complexity index is 1110. The third-order valence-electron chi connectivity index (χ3n) is 7.01. The lowest BCUT2D eigenvalue weighted by atomic mass is 9.77. The molecule has 2 aliphatic rings. The van der Waals surface area contributed by atoms with Gasteiger partial charge in [0.25, 0.3) is 0 Å². The molecule has 0 atom stereocenters. The van der Waals surface area contributed by atoms with Gasteiger partial charge in [0.15, 0.2) is 0 Å². The summed E-state index contributed by atoms with van der Waals surface area (Å²) in [6, 6.07) is 7.65. The molecule has 1 aromatic rings. The first kappa shape index (κ1) is 28.1. The number of unbranched alkanes of at least 4 members (excludes halogenated alkanes) is 2. The highest BCUT2D eigenvalue weighted by molar-refractivity contribution is 6.39. The average molecular weight is 505 g/mol. The largest absolute Gasteiger partial charge is 0.507 e. The zero-order chi connectivity index (χ0) is 27.2. The van der Waals surface area contributed by atoms with Crippen molar-refractivity contribution < 1.29 is 20.1 Å². The van der Waals surface area contributed by atoms with Crippen LogP contribution < -0.4 is 4.90 Å². The fraction of sp³-hybridized carbons (Fsp3) is 0.387. The predicted molar refractivity (Wildman–Crippen MR) is 152 cm³/mol. The Hall–Kier alpha value is -3.51. The van der Waals surface area contributed by atoms with Crippen LogP contribution in [0.1, 0.15) is 52.0 Å². The zero-order valence-corrected chi connectivity index (χ0v) is 22.3. The van der Waals surface area contributed by atoms with Gasteiger partial charge in [-0.05, 0) is 49.6 Å². The lowest BCUT2D eigenvalue weighted by molar-refractivity contribution is -0.111. The minimum atomic E-state index is -0.827. The second-order valence-corrected chi connectivity index (χ2v) is 9.81. The van der Waals surface area contributed by atoms with E-state index in [-0.39, 0.29) is 34.0 Å². The maximum Gasteiger partial charge on any atom is 0.202 e. The lowest BCUT2D eigenvalue weighted by Gasteiger charge is -2.38. The number of benzene rings is 1. The summed E-state index contributed by atoms with van der Waals surface area (Å²) in [5, 5.41) is 32.6. The van der Waals surface area contributed by atoms with Crippen LogP contribution in [0, 0.1) is 0 Å². The molecule has 3 rings (SSSR count). The van der Waals surface area contributed by atoms with Gasteiger partial charge in [0.2, 0.25) is 5.78 Å². The highest BCUT2D eigenvalue weighted by Crippen LogP contribution is 2.43. The van der Waals surface area contributed by atoms with Gasteiger partial charge in [-0.1, -0.05) is 51.0 Å². The van der Waals surface area contributed by atoms with Crippen LogP contribution in [0.5, 0.6) is 0 Å². The Morgan fingerprint density at radius 1 is 0.838 bits per heavy atom. The molecule has 6 nitrogen and oxygen atoms in total. The number of Topliss-reactive ketones (excluding diaryl/α,β-unsaturated/α-hetero) is 1. The van der Waals surface area contributed by atoms with Crippen molar-refractivity contribution in [2.45, 2.75) is 52.0 Å². The standard InChI is InChI=1S/C31H40N2O4/c1-6-10-18-32(19-11-7-2)23-14-12-22(13-15-23)26-29(36)28(30(26)37)27-24(34)20-31(5,21-25(27)35)33(16-8-3)17-9-4/h8-9,12-15,20-21,34-36H,3-4,6-7,10-11,16-19H2,1-2,5H3. The molecule has 0 heterocycles. The Morgan fingerprint density at radius 2 is 1.35 bits per heavy atom. The van der Waals surface area contributed by atoms with Gasteiger partial charge in [0, 0.05) is 31.9 Å². The van der Waals surface area contributed by atoms with Gasteiger partial charge in [-0.15, -0.1) is 13.2 Å². The maximum absolute atomic E-state index is 13.2. The third-order valence-corrected chi connectivity index (χ3v) is 7.01. The molecule has 2 aliphatic carbocycles. The van der Waals surface area contributed by atoms with Gasteiger partial charge < -0.3 is 20.2 Å². The van der Waals surface area contributed by atoms with Gasteiger partial charge in [-0.3, -0.25) is 9.69 Å². The van der Waals surface area contributed by atoms with Crippen LogP contribution in [-0.2, 0) is 4.79 Å². The van der Waals surface area contributed by atoms with Gasteiger partial charge >= 0.3 is 0 Å². The Balaban J connectivity index is 1.92. The number of ketones is 1. The normalized spacial score (nSPS) is 19.5. The highest BCUT2D eigenvalue weighted by atomic mass is 16.3. The maximum atomic E-state index is 13.2. The Morgan fingerprint density at radius 3 is 1.78 bits per heavy atom. The van der Waals surface area contributed by atoms with E-state index in [0.29, 0.717) is 18.7 Å². The minimum Gasteiger partial charge on any atom is -0.507 e. The van der Waals surface area contributed by atoms with Crippen LogP contribution in [0.2, 0.25) is 0 Å². The van der Waals surface area contributed by atoms with Crippen LogP contribution in [0.15, 0.2) is 90.2 Å². The minimum absolute atomic E-state index is 0.0530. The first-order valence-electron chi connectivity index (χ1n) is 13.1. The van der Waals surface area contributed by atoms with Gasteiger partial charge in [-0.2, -0.15) is 0 Å². The molecule has 0 aliphatic heterocycles. The molecule has 0 saturated heterocycles. The molecule has 37 heavy (non-hydrogen) atoms. The quantitative estimate of drug-likeness (QED) is 0.208. The SMILES string of the molecule is C=CCN(CC=C)C1(C)C=C(O)C(=C2C(=O)C(c3ccc(N(CCCC)CCCC)cc3)=C2O)C(O)=C1. The summed E-state index contributed by atoms with van der Waals surface area (Å²) in [7, 11) is 0. The van der Waals surface area contributed by atoms with E-state index in [2.05, 4.69) is 31.9 Å². The highest BCUT2D eigenvalue weighted by Gasteiger charge is 2.42. The second kappa shape index (κ2) is 12.2. The number of hydrogen-bond acceptors (Lipinski definition) is 6. The van der Waals surface area contributed by atoms with E-state index in [1.54, 1.807) is 24.3 Å². The van der Waals surface area contributed by atoms with Crippen molar-refractivity contribution in [2.24, 2.45) is 0 Å². The van der Waals surface area contributed by atoms with Gasteiger partial charge in [0.05, 0.1) is 22.3 Å². The molecule has 0 fully saturated rings. The molecule has 0 spiro atoms. The molecule has 0 amide bonds. The number of hydrogen-bond donors (Lipinski definition) is 3. The van der Waals surface area contributed by atoms with Crippen LogP contribution >= 0.6 is 0 Å². The molecule has 0 aromatic heterocycles. The first-order chi connectivity index (χ1) is 17.7. The van der Waals surface area contributed by atoms with E-state index in [9.17, 15) is 20.1 Å². The fourth-order valence-corrected chi connectivity index (χ4v) is 4.90. The van der Waals surface area contributed by atoms with Crippen LogP contribution in [0.25, 0.3) is 5.57 Å². The smallest absolute Gasteiger partial charge is 0.202 e. The van der Waals surface area contributed by atoms with Crippen LogP contribution in [0.3, 0.4) is 0 Å².